The number of halogens is 3. The van der Waals surface area contributed by atoms with Crippen LogP contribution in [0.25, 0.3) is 0 Å². The van der Waals surface area contributed by atoms with Crippen LogP contribution in [-0.4, -0.2) is 92.0 Å². The summed E-state index contributed by atoms with van der Waals surface area (Å²) in [7, 11) is 0. The van der Waals surface area contributed by atoms with Crippen LogP contribution in [0.2, 0.25) is 10.0 Å². The van der Waals surface area contributed by atoms with E-state index in [9.17, 15) is 0 Å². The molecule has 0 unspecified atom stereocenters. The number of piperazine rings is 2. The van der Waals surface area contributed by atoms with Crippen LogP contribution >= 0.6 is 34.8 Å². The van der Waals surface area contributed by atoms with Crippen LogP contribution < -0.4 is 16.0 Å². The minimum atomic E-state index is -2.04. The van der Waals surface area contributed by atoms with E-state index in [1.165, 1.54) is 9.80 Å². The van der Waals surface area contributed by atoms with Gasteiger partial charge in [0.2, 0.25) is 0 Å². The molecule has 8 rings (SSSR count). The van der Waals surface area contributed by atoms with Gasteiger partial charge in [-0.3, -0.25) is 0 Å². The third-order valence-corrected chi connectivity index (χ3v) is 8.67. The molecule has 4 heterocycles. The summed E-state index contributed by atoms with van der Waals surface area (Å²) in [4.78, 5) is 14.5. The first-order valence-electron chi connectivity index (χ1n) is 18.4. The zero-order valence-corrected chi connectivity index (χ0v) is 27.9. The lowest BCUT2D eigenvalue weighted by molar-refractivity contribution is 0.216. The van der Waals surface area contributed by atoms with Crippen molar-refractivity contribution in [1.82, 2.24) is 20.0 Å². The van der Waals surface area contributed by atoms with Gasteiger partial charge in [0.25, 0.3) is 0 Å². The lowest BCUT2D eigenvalue weighted by Crippen LogP contribution is -2.47. The topological polar surface area (TPSA) is 70.5 Å². The quantitative estimate of drug-likeness (QED) is 0.174. The maximum atomic E-state index is 7.59. The highest BCUT2D eigenvalue weighted by Crippen LogP contribution is 2.37. The smallest absolute Gasteiger partial charge is 0.139 e. The van der Waals surface area contributed by atoms with E-state index in [-0.39, 0.29) is 0 Å². The molecular weight excluding hydrogens is 651 g/mol. The fraction of sp³-hybridized carbons (Fsp3) is 0.278. The molecule has 8 nitrogen and oxygen atoms in total. The second kappa shape index (κ2) is 15.5. The van der Waals surface area contributed by atoms with Crippen molar-refractivity contribution in [2.45, 2.75) is 0 Å². The number of likely N-dealkylation sites (N-methyl/N-ethyl adjacent to an activating group) is 2. The molecule has 0 aliphatic carbocycles. The number of nitrogens with one attached hydrogen (secondary N) is 3. The number of benzene rings is 4. The van der Waals surface area contributed by atoms with Gasteiger partial charge in [-0.05, 0) is 74.6 Å². The van der Waals surface area contributed by atoms with Gasteiger partial charge >= 0.3 is 0 Å². The minimum absolute atomic E-state index is 0.467. The van der Waals surface area contributed by atoms with E-state index in [0.717, 1.165) is 64.2 Å². The average Bonchev–Trinajstić information content (AvgIpc) is 3.38. The maximum absolute atomic E-state index is 7.59. The van der Waals surface area contributed by atoms with E-state index in [2.05, 4.69) is 25.8 Å². The molecule has 244 valence electrons. The number of nitrogens with zero attached hydrogens (tertiary/aromatic N) is 5. The summed E-state index contributed by atoms with van der Waals surface area (Å²) in [6.07, 6.45) is 0. The molecule has 0 aromatic heterocycles. The largest absolute Gasteiger partial charge is 0.353 e. The monoisotopic (exact) mass is 694 g/mol. The van der Waals surface area contributed by atoms with Crippen LogP contribution in [0.3, 0.4) is 0 Å². The van der Waals surface area contributed by atoms with Crippen molar-refractivity contribution < 1.29 is 8.22 Å². The zero-order valence-electron chi connectivity index (χ0n) is 31.6. The van der Waals surface area contributed by atoms with Crippen LogP contribution in [0.15, 0.2) is 94.9 Å². The van der Waals surface area contributed by atoms with Crippen molar-refractivity contribution in [3.63, 3.8) is 0 Å². The van der Waals surface area contributed by atoms with Crippen molar-refractivity contribution in [2.75, 3.05) is 76.9 Å². The Kier molecular flexibility index (Phi) is 8.69. The van der Waals surface area contributed by atoms with E-state index >= 15 is 0 Å². The van der Waals surface area contributed by atoms with Crippen LogP contribution in [0.1, 0.15) is 19.4 Å². The number of para-hydroxylation sites is 2. The molecule has 47 heavy (non-hydrogen) atoms. The number of hydrogen-bond acceptors (Lipinski definition) is 8. The molecular formula is C36H39Cl3N8. The Labute approximate surface area is 300 Å². The van der Waals surface area contributed by atoms with E-state index in [4.69, 9.17) is 48.0 Å². The zero-order chi connectivity index (χ0) is 37.8. The van der Waals surface area contributed by atoms with Crippen molar-refractivity contribution in [3.8, 4) is 0 Å². The molecule has 4 aromatic carbocycles. The second-order valence-corrected chi connectivity index (χ2v) is 12.4. The summed E-state index contributed by atoms with van der Waals surface area (Å²) in [5.41, 5.74) is 7.15. The molecule has 0 saturated carbocycles. The Hall–Kier alpha value is -3.63. The maximum Gasteiger partial charge on any atom is 0.139 e. The molecule has 0 spiro atoms. The third kappa shape index (κ3) is 8.46. The molecule has 4 aromatic rings. The van der Waals surface area contributed by atoms with Crippen LogP contribution in [-0.2, 0) is 0 Å². The highest BCUT2D eigenvalue weighted by molar-refractivity contribution is 6.70. The van der Waals surface area contributed by atoms with Crippen LogP contribution in [0.5, 0.6) is 0 Å². The highest BCUT2D eigenvalue weighted by atomic mass is 35.5. The SMILES string of the molecule is ClC1=Nc2cc(Cl)ccc2Nc2ccccc21.[2H]C([2H])([2H])N1CCN(C2=Nc3cc(Cl)ccc3Nc3ccccc32)CC1.[2H]C([2H])([2H])N1CCNCC1. The van der Waals surface area contributed by atoms with Crippen molar-refractivity contribution >= 4 is 79.9 Å². The van der Waals surface area contributed by atoms with Gasteiger partial charge in [-0.15, -0.1) is 0 Å². The fourth-order valence-electron chi connectivity index (χ4n) is 5.42. The Bertz CT molecular complexity index is 1970. The molecule has 0 atom stereocenters. The molecule has 2 fully saturated rings. The van der Waals surface area contributed by atoms with E-state index in [0.29, 0.717) is 54.5 Å². The van der Waals surface area contributed by atoms with Gasteiger partial charge in [0.05, 0.1) is 22.7 Å². The van der Waals surface area contributed by atoms with Crippen LogP contribution in [0.4, 0.5) is 34.1 Å². The molecule has 0 bridgehead atoms. The van der Waals surface area contributed by atoms with Gasteiger partial charge < -0.3 is 30.7 Å². The lowest BCUT2D eigenvalue weighted by Gasteiger charge is -2.34. The second-order valence-electron chi connectivity index (χ2n) is 11.2. The first kappa shape index (κ1) is 26.3. The van der Waals surface area contributed by atoms with Crippen molar-refractivity contribution in [1.29, 1.82) is 0 Å². The summed E-state index contributed by atoms with van der Waals surface area (Å²) in [6, 6.07) is 26.9. The standard InChI is InChI=1S/C18H19ClN4.C13H8Cl2N2.C5H12N2/c1-22-8-10-23(11-9-22)18-14-4-2-3-5-15(14)20-16-7-6-13(19)12-17(16)21-18;14-8-5-6-11-12(7-8)17-13(15)9-3-1-2-4-10(9)16-11;1-7-4-2-6-3-5-7/h2-7,12,20H,8-11H2,1H3;1-7,16H;6H,2-5H2,1H3/i1D3;;1D3. The highest BCUT2D eigenvalue weighted by Gasteiger charge is 2.24. The van der Waals surface area contributed by atoms with Crippen LogP contribution in [0, 0.1) is 0 Å². The number of hydrogen-bond donors (Lipinski definition) is 3. The number of rotatable bonds is 0. The third-order valence-electron chi connectivity index (χ3n) is 7.92. The Morgan fingerprint density at radius 3 is 1.72 bits per heavy atom. The minimum Gasteiger partial charge on any atom is -0.353 e. The number of fused-ring (bicyclic) bond motifs is 4. The lowest BCUT2D eigenvalue weighted by atomic mass is 10.1. The fourth-order valence-corrected chi connectivity index (χ4v) is 6.01. The van der Waals surface area contributed by atoms with E-state index in [1.54, 1.807) is 6.07 Å². The number of amidine groups is 1. The number of aliphatic imine (C=N–C) groups is 2. The molecule has 3 N–H and O–H groups in total. The summed E-state index contributed by atoms with van der Waals surface area (Å²) >= 11 is 18.3. The van der Waals surface area contributed by atoms with Gasteiger partial charge in [0, 0.05) is 93.1 Å². The van der Waals surface area contributed by atoms with Gasteiger partial charge in [0.1, 0.15) is 11.0 Å². The summed E-state index contributed by atoms with van der Waals surface area (Å²) < 4.78 is 44.0. The average molecular weight is 696 g/mol. The molecule has 4 aliphatic rings. The normalized spacial score (nSPS) is 19.5. The van der Waals surface area contributed by atoms with Gasteiger partial charge in [-0.1, -0.05) is 59.1 Å². The molecule has 4 aliphatic heterocycles. The molecule has 0 radical (unpaired) electrons. The van der Waals surface area contributed by atoms with Gasteiger partial charge in [-0.25, -0.2) is 9.98 Å². The van der Waals surface area contributed by atoms with E-state index < -0.39 is 14.0 Å². The predicted octanol–water partition coefficient (Wildman–Crippen LogP) is 7.96. The summed E-state index contributed by atoms with van der Waals surface area (Å²) in [5.74, 6) is 0.847. The Morgan fingerprint density at radius 2 is 1.13 bits per heavy atom. The van der Waals surface area contributed by atoms with Gasteiger partial charge in [0.15, 0.2) is 0 Å². The number of anilines is 4. The Morgan fingerprint density at radius 1 is 0.596 bits per heavy atom. The summed E-state index contributed by atoms with van der Waals surface area (Å²) in [6.45, 7) is 1.10. The first-order valence-corrected chi connectivity index (χ1v) is 16.5. The Balaban J connectivity index is 0.000000152. The summed E-state index contributed by atoms with van der Waals surface area (Å²) in [5, 5.41) is 11.6. The molecule has 11 heteroatoms. The van der Waals surface area contributed by atoms with Crippen molar-refractivity contribution in [3.05, 3.63) is 106 Å². The molecule has 2 saturated heterocycles. The van der Waals surface area contributed by atoms with Gasteiger partial charge in [-0.2, -0.15) is 0 Å². The van der Waals surface area contributed by atoms with E-state index in [1.807, 2.05) is 78.9 Å². The first-order chi connectivity index (χ1) is 25.3. The van der Waals surface area contributed by atoms with Crippen molar-refractivity contribution in [2.24, 2.45) is 9.98 Å². The predicted molar refractivity (Wildman–Crippen MR) is 200 cm³/mol. The molecule has 0 amide bonds.